The van der Waals surface area contributed by atoms with Gasteiger partial charge in [0.15, 0.2) is 0 Å². The predicted molar refractivity (Wildman–Crippen MR) is 37.8 cm³/mol. The van der Waals surface area contributed by atoms with Crippen molar-refractivity contribution in [3.8, 4) is 0 Å². The number of hydrogen-bond donors (Lipinski definition) is 2. The molecule has 1 aliphatic heterocycles. The first kappa shape index (κ1) is 10.6. The zero-order valence-corrected chi connectivity index (χ0v) is 6.46. The lowest BCUT2D eigenvalue weighted by Crippen LogP contribution is -2.36. The molecule has 0 aliphatic carbocycles. The number of carbonyl (C=O) groups is 1. The minimum Gasteiger partial charge on any atom is -0.368 e. The second-order valence-electron chi connectivity index (χ2n) is 2.40. The lowest BCUT2D eigenvalue weighted by atomic mass is 10.2. The topological polar surface area (TPSA) is 55.1 Å². The van der Waals surface area contributed by atoms with Crippen LogP contribution in [0, 0.1) is 0 Å². The number of nitrogens with one attached hydrogen (secondary N) is 1. The van der Waals surface area contributed by atoms with E-state index < -0.39 is 30.8 Å². The summed E-state index contributed by atoms with van der Waals surface area (Å²) < 4.78 is 24.6. The molecule has 1 unspecified atom stereocenters. The zero-order valence-electron chi connectivity index (χ0n) is 5.64. The summed E-state index contributed by atoms with van der Waals surface area (Å²) in [5.74, 6) is -3.48. The number of primary amides is 1. The first-order chi connectivity index (χ1) is 4.51. The van der Waals surface area contributed by atoms with Gasteiger partial charge in [0.2, 0.25) is 5.91 Å². The summed E-state index contributed by atoms with van der Waals surface area (Å²) in [6, 6.07) is -0.852. The maximum atomic E-state index is 12.3. The highest BCUT2D eigenvalue weighted by molar-refractivity contribution is 5.85. The third-order valence-electron chi connectivity index (χ3n) is 1.45. The van der Waals surface area contributed by atoms with Crippen molar-refractivity contribution >= 4 is 18.3 Å². The molecule has 1 fully saturated rings. The molecular weight excluding hydrogens is 178 g/mol. The van der Waals surface area contributed by atoms with Crippen molar-refractivity contribution < 1.29 is 13.6 Å². The van der Waals surface area contributed by atoms with Crippen LogP contribution in [0.15, 0.2) is 0 Å². The van der Waals surface area contributed by atoms with Crippen molar-refractivity contribution in [2.24, 2.45) is 5.73 Å². The fourth-order valence-electron chi connectivity index (χ4n) is 0.917. The van der Waals surface area contributed by atoms with Gasteiger partial charge in [-0.2, -0.15) is 0 Å². The van der Waals surface area contributed by atoms with Gasteiger partial charge in [-0.15, -0.1) is 12.4 Å². The van der Waals surface area contributed by atoms with Gasteiger partial charge in [0.25, 0.3) is 5.92 Å². The van der Waals surface area contributed by atoms with Crippen molar-refractivity contribution in [2.45, 2.75) is 18.4 Å². The molecule has 1 aliphatic rings. The summed E-state index contributed by atoms with van der Waals surface area (Å²) in [6.07, 6.45) is -0.470. The monoisotopic (exact) mass is 186 g/mol. The Morgan fingerprint density at radius 2 is 2.18 bits per heavy atom. The maximum absolute atomic E-state index is 12.3. The first-order valence-electron chi connectivity index (χ1n) is 2.92. The van der Waals surface area contributed by atoms with Crippen LogP contribution in [0.1, 0.15) is 6.42 Å². The number of rotatable bonds is 1. The van der Waals surface area contributed by atoms with Crippen molar-refractivity contribution in [3.05, 3.63) is 0 Å². The first-order valence-corrected chi connectivity index (χ1v) is 2.92. The Kier molecular flexibility index (Phi) is 3.19. The van der Waals surface area contributed by atoms with Crippen LogP contribution in [-0.4, -0.2) is 24.4 Å². The Hall–Kier alpha value is -0.420. The van der Waals surface area contributed by atoms with Gasteiger partial charge in [-0.05, 0) is 0 Å². The van der Waals surface area contributed by atoms with Crippen molar-refractivity contribution in [3.63, 3.8) is 0 Å². The normalized spacial score (nSPS) is 27.6. The number of carbonyl (C=O) groups excluding carboxylic acids is 1. The molecule has 1 saturated heterocycles. The third kappa shape index (κ3) is 2.59. The van der Waals surface area contributed by atoms with E-state index in [0.29, 0.717) is 0 Å². The second kappa shape index (κ2) is 3.32. The molecule has 3 N–H and O–H groups in total. The molecule has 6 heteroatoms. The van der Waals surface area contributed by atoms with Crippen molar-refractivity contribution in [1.82, 2.24) is 5.32 Å². The molecule has 1 heterocycles. The molecule has 11 heavy (non-hydrogen) atoms. The molecule has 0 aromatic carbocycles. The molecule has 0 spiro atoms. The van der Waals surface area contributed by atoms with Crippen molar-refractivity contribution in [1.29, 1.82) is 0 Å². The van der Waals surface area contributed by atoms with E-state index >= 15 is 0 Å². The van der Waals surface area contributed by atoms with Crippen LogP contribution in [0.3, 0.4) is 0 Å². The van der Waals surface area contributed by atoms with Crippen LogP contribution in [0.5, 0.6) is 0 Å². The zero-order chi connectivity index (χ0) is 7.78. The Balaban J connectivity index is 0.000001000. The minimum atomic E-state index is -2.76. The molecule has 0 radical (unpaired) electrons. The highest BCUT2D eigenvalue weighted by Crippen LogP contribution is 2.24. The SMILES string of the molecule is Cl.NC(=O)C1CC(F)(F)CN1. The molecule has 3 nitrogen and oxygen atoms in total. The lowest BCUT2D eigenvalue weighted by molar-refractivity contribution is -0.120. The smallest absolute Gasteiger partial charge is 0.262 e. The van der Waals surface area contributed by atoms with Crippen LogP contribution >= 0.6 is 12.4 Å². The van der Waals surface area contributed by atoms with E-state index in [9.17, 15) is 13.6 Å². The average Bonchev–Trinajstić information content (AvgIpc) is 2.10. The third-order valence-corrected chi connectivity index (χ3v) is 1.45. The molecule has 66 valence electrons. The molecule has 0 bridgehead atoms. The maximum Gasteiger partial charge on any atom is 0.262 e. The summed E-state index contributed by atoms with van der Waals surface area (Å²) in [6.45, 7) is -0.444. The second-order valence-corrected chi connectivity index (χ2v) is 2.40. The van der Waals surface area contributed by atoms with Crippen LogP contribution < -0.4 is 11.1 Å². The summed E-state index contributed by atoms with van der Waals surface area (Å²) in [5, 5.41) is 2.32. The van der Waals surface area contributed by atoms with E-state index in [1.165, 1.54) is 0 Å². The number of hydrogen-bond acceptors (Lipinski definition) is 2. The Labute approximate surface area is 68.7 Å². The standard InChI is InChI=1S/C5H8F2N2O.ClH/c6-5(7)1-3(4(8)10)9-2-5;/h3,9H,1-2H2,(H2,8,10);1H. The van der Waals surface area contributed by atoms with Gasteiger partial charge in [-0.3, -0.25) is 10.1 Å². The molecule has 0 aromatic rings. The van der Waals surface area contributed by atoms with E-state index in [-0.39, 0.29) is 12.4 Å². The van der Waals surface area contributed by atoms with E-state index in [4.69, 9.17) is 5.73 Å². The summed E-state index contributed by atoms with van der Waals surface area (Å²) in [5.41, 5.74) is 4.78. The Morgan fingerprint density at radius 1 is 1.64 bits per heavy atom. The van der Waals surface area contributed by atoms with E-state index in [1.54, 1.807) is 0 Å². The lowest BCUT2D eigenvalue weighted by Gasteiger charge is -2.04. The number of amides is 1. The highest BCUT2D eigenvalue weighted by Gasteiger charge is 2.41. The van der Waals surface area contributed by atoms with Gasteiger partial charge in [0.05, 0.1) is 12.6 Å². The summed E-state index contributed by atoms with van der Waals surface area (Å²) in [4.78, 5) is 10.3. The number of halogens is 3. The van der Waals surface area contributed by atoms with E-state index in [2.05, 4.69) is 5.32 Å². The average molecular weight is 187 g/mol. The Bertz CT molecular complexity index is 165. The Morgan fingerprint density at radius 3 is 2.36 bits per heavy atom. The highest BCUT2D eigenvalue weighted by atomic mass is 35.5. The summed E-state index contributed by atoms with van der Waals surface area (Å²) >= 11 is 0. The fourth-order valence-corrected chi connectivity index (χ4v) is 0.917. The molecule has 1 atom stereocenters. The molecule has 0 aromatic heterocycles. The molecule has 0 saturated carbocycles. The van der Waals surface area contributed by atoms with E-state index in [0.717, 1.165) is 0 Å². The largest absolute Gasteiger partial charge is 0.368 e. The van der Waals surface area contributed by atoms with Crippen LogP contribution in [-0.2, 0) is 4.79 Å². The quantitative estimate of drug-likeness (QED) is 0.601. The number of alkyl halides is 2. The van der Waals surface area contributed by atoms with Gasteiger partial charge in [-0.1, -0.05) is 0 Å². The molecule has 1 rings (SSSR count). The van der Waals surface area contributed by atoms with Crippen LogP contribution in [0.4, 0.5) is 8.78 Å². The predicted octanol–water partition coefficient (Wildman–Crippen LogP) is -0.109. The number of nitrogens with two attached hydrogens (primary N) is 1. The van der Waals surface area contributed by atoms with Gasteiger partial charge in [0.1, 0.15) is 0 Å². The van der Waals surface area contributed by atoms with Crippen LogP contribution in [0.2, 0.25) is 0 Å². The van der Waals surface area contributed by atoms with Crippen LogP contribution in [0.25, 0.3) is 0 Å². The fraction of sp³-hybridized carbons (Fsp3) is 0.800. The molecular formula is C5H9ClF2N2O. The minimum absolute atomic E-state index is 0. The van der Waals surface area contributed by atoms with Gasteiger partial charge in [0, 0.05) is 6.42 Å². The van der Waals surface area contributed by atoms with Gasteiger partial charge in [-0.25, -0.2) is 8.78 Å². The van der Waals surface area contributed by atoms with E-state index in [1.807, 2.05) is 0 Å². The van der Waals surface area contributed by atoms with Crippen molar-refractivity contribution in [2.75, 3.05) is 6.54 Å². The molecule has 1 amide bonds. The summed E-state index contributed by atoms with van der Waals surface area (Å²) in [7, 11) is 0. The van der Waals surface area contributed by atoms with Gasteiger partial charge >= 0.3 is 0 Å². The van der Waals surface area contributed by atoms with Gasteiger partial charge < -0.3 is 5.73 Å².